The monoisotopic (exact) mass is 176 g/mol. The highest BCUT2D eigenvalue weighted by molar-refractivity contribution is 5.52. The van der Waals surface area contributed by atoms with E-state index in [4.69, 9.17) is 9.52 Å². The van der Waals surface area contributed by atoms with Gasteiger partial charge in [0.2, 0.25) is 0 Å². The van der Waals surface area contributed by atoms with Gasteiger partial charge in [0.25, 0.3) is 0 Å². The SMILES string of the molecule is OCc1ccnc(-c2ccoc2)n1. The molecule has 13 heavy (non-hydrogen) atoms. The van der Waals surface area contributed by atoms with Gasteiger partial charge in [-0.05, 0) is 12.1 Å². The summed E-state index contributed by atoms with van der Waals surface area (Å²) < 4.78 is 4.90. The van der Waals surface area contributed by atoms with Crippen LogP contribution in [-0.2, 0) is 6.61 Å². The van der Waals surface area contributed by atoms with Crippen LogP contribution in [0.15, 0.2) is 35.3 Å². The quantitative estimate of drug-likeness (QED) is 0.747. The molecule has 66 valence electrons. The van der Waals surface area contributed by atoms with Crippen molar-refractivity contribution in [2.45, 2.75) is 6.61 Å². The van der Waals surface area contributed by atoms with Gasteiger partial charge in [-0.25, -0.2) is 9.97 Å². The van der Waals surface area contributed by atoms with E-state index in [9.17, 15) is 0 Å². The summed E-state index contributed by atoms with van der Waals surface area (Å²) in [7, 11) is 0. The van der Waals surface area contributed by atoms with E-state index in [0.717, 1.165) is 5.56 Å². The molecule has 0 spiro atoms. The fourth-order valence-corrected chi connectivity index (χ4v) is 1.01. The van der Waals surface area contributed by atoms with Crippen LogP contribution in [0, 0.1) is 0 Å². The van der Waals surface area contributed by atoms with Crippen LogP contribution in [0.2, 0.25) is 0 Å². The first-order chi connectivity index (χ1) is 6.40. The van der Waals surface area contributed by atoms with Crippen LogP contribution in [0.25, 0.3) is 11.4 Å². The van der Waals surface area contributed by atoms with Gasteiger partial charge in [-0.3, -0.25) is 0 Å². The lowest BCUT2D eigenvalue weighted by molar-refractivity contribution is 0.277. The Kier molecular flexibility index (Phi) is 2.06. The Morgan fingerprint density at radius 1 is 1.38 bits per heavy atom. The first-order valence-electron chi connectivity index (χ1n) is 3.85. The van der Waals surface area contributed by atoms with Crippen LogP contribution in [0.4, 0.5) is 0 Å². The van der Waals surface area contributed by atoms with E-state index in [1.54, 1.807) is 30.9 Å². The van der Waals surface area contributed by atoms with Crippen LogP contribution in [0.5, 0.6) is 0 Å². The summed E-state index contributed by atoms with van der Waals surface area (Å²) in [5, 5.41) is 8.85. The number of rotatable bonds is 2. The van der Waals surface area contributed by atoms with E-state index >= 15 is 0 Å². The summed E-state index contributed by atoms with van der Waals surface area (Å²) >= 11 is 0. The number of hydrogen-bond donors (Lipinski definition) is 1. The van der Waals surface area contributed by atoms with Gasteiger partial charge in [-0.2, -0.15) is 0 Å². The largest absolute Gasteiger partial charge is 0.472 e. The Hall–Kier alpha value is -1.68. The van der Waals surface area contributed by atoms with Crippen LogP contribution in [0.3, 0.4) is 0 Å². The molecule has 0 aliphatic heterocycles. The van der Waals surface area contributed by atoms with E-state index in [2.05, 4.69) is 9.97 Å². The molecule has 0 bridgehead atoms. The Morgan fingerprint density at radius 2 is 2.31 bits per heavy atom. The van der Waals surface area contributed by atoms with Crippen molar-refractivity contribution in [1.82, 2.24) is 9.97 Å². The Bertz CT molecular complexity index is 384. The van der Waals surface area contributed by atoms with Crippen molar-refractivity contribution in [3.63, 3.8) is 0 Å². The van der Waals surface area contributed by atoms with Crippen molar-refractivity contribution in [2.24, 2.45) is 0 Å². The van der Waals surface area contributed by atoms with Gasteiger partial charge in [0, 0.05) is 6.20 Å². The summed E-state index contributed by atoms with van der Waals surface area (Å²) in [6.07, 6.45) is 4.74. The molecule has 0 saturated heterocycles. The zero-order chi connectivity index (χ0) is 9.10. The molecule has 0 amide bonds. The van der Waals surface area contributed by atoms with Gasteiger partial charge in [0.15, 0.2) is 5.82 Å². The molecule has 0 aliphatic rings. The lowest BCUT2D eigenvalue weighted by Crippen LogP contribution is -1.93. The van der Waals surface area contributed by atoms with Crippen LogP contribution >= 0.6 is 0 Å². The zero-order valence-electron chi connectivity index (χ0n) is 6.84. The number of furan rings is 1. The molecule has 4 heteroatoms. The average Bonchev–Trinajstić information content (AvgIpc) is 2.71. The fraction of sp³-hybridized carbons (Fsp3) is 0.111. The Morgan fingerprint density at radius 3 is 3.00 bits per heavy atom. The third kappa shape index (κ3) is 1.57. The molecule has 0 aromatic carbocycles. The molecular formula is C9H8N2O2. The van der Waals surface area contributed by atoms with Crippen molar-refractivity contribution in [1.29, 1.82) is 0 Å². The highest BCUT2D eigenvalue weighted by atomic mass is 16.3. The average molecular weight is 176 g/mol. The number of aromatic nitrogens is 2. The van der Waals surface area contributed by atoms with Gasteiger partial charge in [-0.1, -0.05) is 0 Å². The molecular weight excluding hydrogens is 168 g/mol. The molecule has 0 radical (unpaired) electrons. The fourth-order valence-electron chi connectivity index (χ4n) is 1.01. The molecule has 2 rings (SSSR count). The van der Waals surface area contributed by atoms with Gasteiger partial charge in [0.1, 0.15) is 6.26 Å². The van der Waals surface area contributed by atoms with Crippen molar-refractivity contribution < 1.29 is 9.52 Å². The van der Waals surface area contributed by atoms with Crippen molar-refractivity contribution >= 4 is 0 Å². The van der Waals surface area contributed by atoms with Crippen LogP contribution in [0.1, 0.15) is 5.69 Å². The molecule has 2 heterocycles. The Labute approximate surface area is 74.9 Å². The van der Waals surface area contributed by atoms with E-state index in [1.165, 1.54) is 0 Å². The van der Waals surface area contributed by atoms with E-state index in [1.807, 2.05) is 0 Å². The van der Waals surface area contributed by atoms with E-state index in [-0.39, 0.29) is 6.61 Å². The number of hydrogen-bond acceptors (Lipinski definition) is 4. The summed E-state index contributed by atoms with van der Waals surface area (Å²) in [4.78, 5) is 8.16. The number of aliphatic hydroxyl groups is 1. The molecule has 0 saturated carbocycles. The maximum Gasteiger partial charge on any atom is 0.162 e. The molecule has 0 unspecified atom stereocenters. The standard InChI is InChI=1S/C9H8N2O2/c12-5-8-1-3-10-9(11-8)7-2-4-13-6-7/h1-4,6,12H,5H2. The summed E-state index contributed by atoms with van der Waals surface area (Å²) in [6, 6.07) is 3.44. The van der Waals surface area contributed by atoms with Crippen molar-refractivity contribution in [2.75, 3.05) is 0 Å². The molecule has 2 aromatic heterocycles. The highest BCUT2D eigenvalue weighted by Crippen LogP contribution is 2.14. The van der Waals surface area contributed by atoms with E-state index in [0.29, 0.717) is 11.5 Å². The predicted molar refractivity (Wildman–Crippen MR) is 45.7 cm³/mol. The number of nitrogens with zero attached hydrogens (tertiary/aromatic N) is 2. The maximum atomic E-state index is 8.85. The first kappa shape index (κ1) is 7.94. The normalized spacial score (nSPS) is 10.2. The second-order valence-corrected chi connectivity index (χ2v) is 2.54. The van der Waals surface area contributed by atoms with E-state index < -0.39 is 0 Å². The van der Waals surface area contributed by atoms with Crippen molar-refractivity contribution in [3.8, 4) is 11.4 Å². The lowest BCUT2D eigenvalue weighted by atomic mass is 10.3. The molecule has 0 aliphatic carbocycles. The topological polar surface area (TPSA) is 59.2 Å². The first-order valence-corrected chi connectivity index (χ1v) is 3.85. The smallest absolute Gasteiger partial charge is 0.162 e. The minimum absolute atomic E-state index is 0.0760. The minimum Gasteiger partial charge on any atom is -0.472 e. The second kappa shape index (κ2) is 3.37. The second-order valence-electron chi connectivity index (χ2n) is 2.54. The van der Waals surface area contributed by atoms with Crippen molar-refractivity contribution in [3.05, 3.63) is 36.5 Å². The molecule has 0 fully saturated rings. The molecule has 1 N–H and O–H groups in total. The molecule has 0 atom stereocenters. The molecule has 2 aromatic rings. The van der Waals surface area contributed by atoms with Gasteiger partial charge < -0.3 is 9.52 Å². The van der Waals surface area contributed by atoms with Gasteiger partial charge >= 0.3 is 0 Å². The van der Waals surface area contributed by atoms with Gasteiger partial charge in [0.05, 0.1) is 24.1 Å². The third-order valence-corrected chi connectivity index (χ3v) is 1.65. The lowest BCUT2D eigenvalue weighted by Gasteiger charge is -1.97. The summed E-state index contributed by atoms with van der Waals surface area (Å²) in [5.74, 6) is 0.570. The van der Waals surface area contributed by atoms with Crippen LogP contribution in [-0.4, -0.2) is 15.1 Å². The van der Waals surface area contributed by atoms with Crippen LogP contribution < -0.4 is 0 Å². The highest BCUT2D eigenvalue weighted by Gasteiger charge is 2.02. The minimum atomic E-state index is -0.0760. The predicted octanol–water partition coefficient (Wildman–Crippen LogP) is 1.23. The summed E-state index contributed by atoms with van der Waals surface area (Å²) in [6.45, 7) is -0.0760. The summed E-state index contributed by atoms with van der Waals surface area (Å²) in [5.41, 5.74) is 1.42. The zero-order valence-corrected chi connectivity index (χ0v) is 6.84. The number of aliphatic hydroxyl groups excluding tert-OH is 1. The van der Waals surface area contributed by atoms with Gasteiger partial charge in [-0.15, -0.1) is 0 Å². The Balaban J connectivity index is 2.41. The maximum absolute atomic E-state index is 8.85. The third-order valence-electron chi connectivity index (χ3n) is 1.65. The molecule has 4 nitrogen and oxygen atoms in total.